The van der Waals surface area contributed by atoms with Crippen molar-refractivity contribution in [3.05, 3.63) is 45.8 Å². The molecule has 0 fully saturated rings. The fourth-order valence-electron chi connectivity index (χ4n) is 5.03. The molecule has 4 rings (SSSR count). The standard InChI is InChI=1S/C25H34N2O2/c28-24-20-21(23(27-24)19-16-12-8-4-5-9-13-17-19)25(29)26-22(20)18-14-10-6-2-1-3-7-11-15-18/h14,16H,1-13,15,17H2,(H,26,29)(H,27,28)/b18-14+,19-16+. The van der Waals surface area contributed by atoms with Crippen LogP contribution in [0.1, 0.15) is 96.3 Å². The normalized spacial score (nSPS) is 28.3. The smallest absolute Gasteiger partial charge is 0.258 e. The highest BCUT2D eigenvalue weighted by Gasteiger charge is 2.41. The van der Waals surface area contributed by atoms with Gasteiger partial charge in [-0.1, -0.05) is 57.1 Å². The van der Waals surface area contributed by atoms with E-state index in [1.54, 1.807) is 0 Å². The van der Waals surface area contributed by atoms with Gasteiger partial charge in [-0.25, -0.2) is 0 Å². The van der Waals surface area contributed by atoms with Gasteiger partial charge in [0.25, 0.3) is 11.8 Å². The van der Waals surface area contributed by atoms with E-state index in [1.807, 2.05) is 0 Å². The minimum absolute atomic E-state index is 0.109. The number of hydrogen-bond acceptors (Lipinski definition) is 2. The van der Waals surface area contributed by atoms with Crippen LogP contribution in [0.5, 0.6) is 0 Å². The fourth-order valence-corrected chi connectivity index (χ4v) is 5.03. The average Bonchev–Trinajstić information content (AvgIpc) is 3.28. The first-order valence-corrected chi connectivity index (χ1v) is 11.8. The second kappa shape index (κ2) is 9.60. The van der Waals surface area contributed by atoms with Gasteiger partial charge in [0.15, 0.2) is 0 Å². The van der Waals surface area contributed by atoms with Gasteiger partial charge in [-0.15, -0.1) is 0 Å². The zero-order valence-corrected chi connectivity index (χ0v) is 17.6. The number of allylic oxidation sites excluding steroid dienone is 4. The molecule has 0 bridgehead atoms. The molecule has 2 N–H and O–H groups in total. The predicted octanol–water partition coefficient (Wildman–Crippen LogP) is 5.49. The lowest BCUT2D eigenvalue weighted by molar-refractivity contribution is -0.117. The molecule has 0 spiro atoms. The van der Waals surface area contributed by atoms with Crippen molar-refractivity contribution in [3.8, 4) is 0 Å². The Hall–Kier alpha value is -2.10. The van der Waals surface area contributed by atoms with Crippen LogP contribution >= 0.6 is 0 Å². The molecule has 2 amide bonds. The van der Waals surface area contributed by atoms with Gasteiger partial charge in [-0.2, -0.15) is 0 Å². The van der Waals surface area contributed by atoms with E-state index in [4.69, 9.17) is 0 Å². The van der Waals surface area contributed by atoms with Crippen molar-refractivity contribution in [1.29, 1.82) is 0 Å². The van der Waals surface area contributed by atoms with Crippen molar-refractivity contribution < 1.29 is 9.59 Å². The van der Waals surface area contributed by atoms with Crippen LogP contribution in [0.3, 0.4) is 0 Å². The maximum Gasteiger partial charge on any atom is 0.258 e. The minimum Gasteiger partial charge on any atom is -0.321 e. The Labute approximate surface area is 174 Å². The van der Waals surface area contributed by atoms with Crippen molar-refractivity contribution >= 4 is 11.8 Å². The topological polar surface area (TPSA) is 58.2 Å². The lowest BCUT2D eigenvalue weighted by atomic mass is 9.95. The van der Waals surface area contributed by atoms with Crippen LogP contribution in [0.15, 0.2) is 45.8 Å². The third-order valence-electron chi connectivity index (χ3n) is 6.66. The molecule has 156 valence electrons. The summed E-state index contributed by atoms with van der Waals surface area (Å²) in [5, 5.41) is 6.15. The molecule has 0 saturated carbocycles. The summed E-state index contributed by atoms with van der Waals surface area (Å²) in [5.41, 5.74) is 5.05. The Morgan fingerprint density at radius 3 is 1.34 bits per heavy atom. The summed E-state index contributed by atoms with van der Waals surface area (Å²) in [5.74, 6) is -0.218. The van der Waals surface area contributed by atoms with E-state index in [2.05, 4.69) is 22.8 Å². The van der Waals surface area contributed by atoms with Crippen LogP contribution in [-0.2, 0) is 9.59 Å². The molecule has 0 aromatic carbocycles. The van der Waals surface area contributed by atoms with E-state index < -0.39 is 0 Å². The summed E-state index contributed by atoms with van der Waals surface area (Å²) in [6.07, 6.45) is 22.0. The van der Waals surface area contributed by atoms with Gasteiger partial charge < -0.3 is 10.6 Å². The molecular formula is C25H34N2O2. The lowest BCUT2D eigenvalue weighted by Crippen LogP contribution is -2.24. The Bertz CT molecular complexity index is 798. The number of carbonyl (C=O) groups is 2. The molecular weight excluding hydrogens is 360 g/mol. The molecule has 0 atom stereocenters. The molecule has 4 aliphatic rings. The number of nitrogens with one attached hydrogen (secondary N) is 2. The van der Waals surface area contributed by atoms with Crippen molar-refractivity contribution in [2.24, 2.45) is 0 Å². The number of hydrogen-bond donors (Lipinski definition) is 2. The SMILES string of the molecule is O=C1NC(/C2=C/CCCCCCCC2)=C2C(=O)NC(/C3=C/CCCCCCC3)=C12. The summed E-state index contributed by atoms with van der Waals surface area (Å²) < 4.78 is 0. The summed E-state index contributed by atoms with van der Waals surface area (Å²) in [7, 11) is 0. The molecule has 2 aliphatic carbocycles. The van der Waals surface area contributed by atoms with Crippen LogP contribution in [0, 0.1) is 0 Å². The Morgan fingerprint density at radius 1 is 0.517 bits per heavy atom. The van der Waals surface area contributed by atoms with Gasteiger partial charge in [0.2, 0.25) is 0 Å². The number of rotatable bonds is 2. The third-order valence-corrected chi connectivity index (χ3v) is 6.66. The molecule has 0 aromatic heterocycles. The van der Waals surface area contributed by atoms with Gasteiger partial charge in [-0.05, 0) is 62.5 Å². The van der Waals surface area contributed by atoms with Gasteiger partial charge in [0.05, 0.1) is 22.5 Å². The molecule has 2 aliphatic heterocycles. The van der Waals surface area contributed by atoms with Gasteiger partial charge >= 0.3 is 0 Å². The van der Waals surface area contributed by atoms with Crippen LogP contribution in [0.25, 0.3) is 0 Å². The first-order valence-electron chi connectivity index (χ1n) is 11.8. The second-order valence-corrected chi connectivity index (χ2v) is 8.83. The van der Waals surface area contributed by atoms with Crippen LogP contribution < -0.4 is 10.6 Å². The van der Waals surface area contributed by atoms with Crippen molar-refractivity contribution in [1.82, 2.24) is 10.6 Å². The number of carbonyl (C=O) groups excluding carboxylic acids is 2. The molecule has 4 nitrogen and oxygen atoms in total. The highest BCUT2D eigenvalue weighted by atomic mass is 16.2. The zero-order chi connectivity index (χ0) is 20.1. The largest absolute Gasteiger partial charge is 0.321 e. The van der Waals surface area contributed by atoms with E-state index in [-0.39, 0.29) is 11.8 Å². The maximum atomic E-state index is 12.9. The van der Waals surface area contributed by atoms with Gasteiger partial charge in [-0.3, -0.25) is 9.59 Å². The third kappa shape index (κ3) is 4.57. The molecule has 29 heavy (non-hydrogen) atoms. The quantitative estimate of drug-likeness (QED) is 0.651. The van der Waals surface area contributed by atoms with Crippen LogP contribution in [0.4, 0.5) is 0 Å². The average molecular weight is 395 g/mol. The van der Waals surface area contributed by atoms with Crippen molar-refractivity contribution in [3.63, 3.8) is 0 Å². The van der Waals surface area contributed by atoms with Gasteiger partial charge in [0.1, 0.15) is 0 Å². The van der Waals surface area contributed by atoms with E-state index in [0.29, 0.717) is 11.1 Å². The summed E-state index contributed by atoms with van der Waals surface area (Å²) in [6, 6.07) is 0. The summed E-state index contributed by atoms with van der Waals surface area (Å²) >= 11 is 0. The number of amides is 2. The Kier molecular flexibility index (Phi) is 6.68. The van der Waals surface area contributed by atoms with Gasteiger partial charge in [0, 0.05) is 0 Å². The van der Waals surface area contributed by atoms with E-state index in [9.17, 15) is 9.59 Å². The van der Waals surface area contributed by atoms with E-state index >= 15 is 0 Å². The highest BCUT2D eigenvalue weighted by molar-refractivity contribution is 6.20. The predicted molar refractivity (Wildman–Crippen MR) is 116 cm³/mol. The molecule has 4 heteroatoms. The van der Waals surface area contributed by atoms with E-state index in [1.165, 1.54) is 57.8 Å². The summed E-state index contributed by atoms with van der Waals surface area (Å²) in [6.45, 7) is 0. The van der Waals surface area contributed by atoms with Crippen LogP contribution in [0.2, 0.25) is 0 Å². The zero-order valence-electron chi connectivity index (χ0n) is 17.6. The maximum absolute atomic E-state index is 12.9. The molecule has 0 unspecified atom stereocenters. The summed E-state index contributed by atoms with van der Waals surface area (Å²) in [4.78, 5) is 25.9. The number of fused-ring (bicyclic) bond motifs is 1. The molecule has 2 heterocycles. The molecule has 0 saturated heterocycles. The Balaban J connectivity index is 1.68. The monoisotopic (exact) mass is 394 g/mol. The van der Waals surface area contributed by atoms with E-state index in [0.717, 1.165) is 61.1 Å². The molecule has 0 radical (unpaired) electrons. The van der Waals surface area contributed by atoms with Crippen molar-refractivity contribution in [2.45, 2.75) is 96.3 Å². The minimum atomic E-state index is -0.109. The fraction of sp³-hybridized carbons (Fsp3) is 0.600. The second-order valence-electron chi connectivity index (χ2n) is 8.83. The van der Waals surface area contributed by atoms with Crippen LogP contribution in [-0.4, -0.2) is 11.8 Å². The highest BCUT2D eigenvalue weighted by Crippen LogP contribution is 2.37. The molecule has 0 aromatic rings. The first kappa shape index (κ1) is 20.2. The van der Waals surface area contributed by atoms with Crippen molar-refractivity contribution in [2.75, 3.05) is 0 Å². The first-order chi connectivity index (χ1) is 14.3. The lowest BCUT2D eigenvalue weighted by Gasteiger charge is -2.13. The Morgan fingerprint density at radius 2 is 0.897 bits per heavy atom.